The zero-order valence-electron chi connectivity index (χ0n) is 7.92. The van der Waals surface area contributed by atoms with Crippen molar-refractivity contribution in [1.29, 1.82) is 0 Å². The Kier molecular flexibility index (Phi) is 5.34. The average molecular weight is 172 g/mol. The van der Waals surface area contributed by atoms with Gasteiger partial charge >= 0.3 is 5.97 Å². The predicted octanol–water partition coefficient (Wildman–Crippen LogP) is 1.55. The molecule has 3 nitrogen and oxygen atoms in total. The molecule has 0 bridgehead atoms. The molecule has 0 aliphatic heterocycles. The topological polar surface area (TPSA) is 43.4 Å². The molecule has 0 saturated heterocycles. The van der Waals surface area contributed by atoms with E-state index >= 15 is 0 Å². The standard InChI is InChI=1S/C9H16O3/c1-4-6-7(3)8(10)9(11)12-5-2/h7H,4-6H2,1-3H3. The summed E-state index contributed by atoms with van der Waals surface area (Å²) in [5, 5.41) is 0. The number of hydrogen-bond donors (Lipinski definition) is 0. The van der Waals surface area contributed by atoms with Crippen LogP contribution in [0.2, 0.25) is 0 Å². The fraction of sp³-hybridized carbons (Fsp3) is 0.778. The van der Waals surface area contributed by atoms with Crippen molar-refractivity contribution in [2.45, 2.75) is 33.6 Å². The Balaban J connectivity index is 3.91. The molecule has 3 heteroatoms. The van der Waals surface area contributed by atoms with Crippen molar-refractivity contribution in [3.63, 3.8) is 0 Å². The van der Waals surface area contributed by atoms with Gasteiger partial charge in [-0.3, -0.25) is 4.79 Å². The Labute approximate surface area is 73.1 Å². The van der Waals surface area contributed by atoms with Crippen molar-refractivity contribution >= 4 is 11.8 Å². The zero-order chi connectivity index (χ0) is 9.56. The number of Topliss-reactive ketones (excluding diaryl/α,β-unsaturated/α-hetero) is 1. The minimum atomic E-state index is -0.696. The molecular formula is C9H16O3. The molecule has 0 spiro atoms. The highest BCUT2D eigenvalue weighted by Gasteiger charge is 2.21. The first-order valence-electron chi connectivity index (χ1n) is 4.34. The molecule has 0 aliphatic carbocycles. The summed E-state index contributed by atoms with van der Waals surface area (Å²) in [4.78, 5) is 22.0. The molecule has 0 saturated carbocycles. The monoisotopic (exact) mass is 172 g/mol. The van der Waals surface area contributed by atoms with E-state index in [0.29, 0.717) is 0 Å². The van der Waals surface area contributed by atoms with E-state index < -0.39 is 11.8 Å². The number of ketones is 1. The molecule has 0 N–H and O–H groups in total. The summed E-state index contributed by atoms with van der Waals surface area (Å²) >= 11 is 0. The van der Waals surface area contributed by atoms with Gasteiger partial charge in [0.15, 0.2) is 0 Å². The van der Waals surface area contributed by atoms with Gasteiger partial charge in [0.1, 0.15) is 0 Å². The molecule has 0 aromatic rings. The third kappa shape index (κ3) is 3.51. The lowest BCUT2D eigenvalue weighted by Crippen LogP contribution is -2.23. The summed E-state index contributed by atoms with van der Waals surface area (Å²) in [5.74, 6) is -1.30. The molecule has 70 valence electrons. The van der Waals surface area contributed by atoms with Crippen LogP contribution in [0.3, 0.4) is 0 Å². The first-order valence-corrected chi connectivity index (χ1v) is 4.34. The maximum atomic E-state index is 11.1. The molecule has 12 heavy (non-hydrogen) atoms. The van der Waals surface area contributed by atoms with Gasteiger partial charge in [-0.2, -0.15) is 0 Å². The van der Waals surface area contributed by atoms with E-state index in [9.17, 15) is 9.59 Å². The number of carbonyl (C=O) groups is 2. The highest BCUT2D eigenvalue weighted by atomic mass is 16.5. The van der Waals surface area contributed by atoms with Gasteiger partial charge in [0.2, 0.25) is 5.78 Å². The largest absolute Gasteiger partial charge is 0.460 e. The Hall–Kier alpha value is -0.860. The van der Waals surface area contributed by atoms with E-state index in [1.54, 1.807) is 13.8 Å². The third-order valence-electron chi connectivity index (χ3n) is 1.65. The van der Waals surface area contributed by atoms with Crippen LogP contribution in [0.15, 0.2) is 0 Å². The SMILES string of the molecule is CCCC(C)C(=O)C(=O)OCC. The fourth-order valence-electron chi connectivity index (χ4n) is 0.968. The maximum Gasteiger partial charge on any atom is 0.374 e. The van der Waals surface area contributed by atoms with Crippen LogP contribution in [0.1, 0.15) is 33.6 Å². The van der Waals surface area contributed by atoms with Crippen LogP contribution in [-0.4, -0.2) is 18.4 Å². The molecule has 0 rings (SSSR count). The molecular weight excluding hydrogens is 156 g/mol. The van der Waals surface area contributed by atoms with Crippen LogP contribution in [0.25, 0.3) is 0 Å². The van der Waals surface area contributed by atoms with E-state index in [0.717, 1.165) is 12.8 Å². The molecule has 0 amide bonds. The van der Waals surface area contributed by atoms with Crippen LogP contribution in [0.5, 0.6) is 0 Å². The molecule has 0 aromatic heterocycles. The van der Waals surface area contributed by atoms with E-state index in [-0.39, 0.29) is 12.5 Å². The van der Waals surface area contributed by atoms with Gasteiger partial charge in [0.25, 0.3) is 0 Å². The Morgan fingerprint density at radius 1 is 1.33 bits per heavy atom. The zero-order valence-corrected chi connectivity index (χ0v) is 7.92. The van der Waals surface area contributed by atoms with Crippen molar-refractivity contribution in [3.8, 4) is 0 Å². The fourth-order valence-corrected chi connectivity index (χ4v) is 0.968. The predicted molar refractivity (Wildman–Crippen MR) is 45.7 cm³/mol. The summed E-state index contributed by atoms with van der Waals surface area (Å²) in [7, 11) is 0. The molecule has 1 atom stereocenters. The van der Waals surface area contributed by atoms with Crippen LogP contribution in [0, 0.1) is 5.92 Å². The molecule has 1 unspecified atom stereocenters. The minimum Gasteiger partial charge on any atom is -0.460 e. The highest BCUT2D eigenvalue weighted by molar-refractivity contribution is 6.34. The van der Waals surface area contributed by atoms with E-state index in [2.05, 4.69) is 4.74 Å². The first-order chi connectivity index (χ1) is 5.63. The van der Waals surface area contributed by atoms with Gasteiger partial charge < -0.3 is 4.74 Å². The summed E-state index contributed by atoms with van der Waals surface area (Å²) < 4.78 is 4.58. The van der Waals surface area contributed by atoms with Gasteiger partial charge in [0, 0.05) is 5.92 Å². The second-order valence-corrected chi connectivity index (χ2v) is 2.77. The summed E-state index contributed by atoms with van der Waals surface area (Å²) in [6.07, 6.45) is 1.66. The molecule has 0 aliphatic rings. The minimum absolute atomic E-state index is 0.200. The van der Waals surface area contributed by atoms with Gasteiger partial charge in [-0.25, -0.2) is 4.79 Å². The summed E-state index contributed by atoms with van der Waals surface area (Å²) in [5.41, 5.74) is 0. The summed E-state index contributed by atoms with van der Waals surface area (Å²) in [6.45, 7) is 5.69. The summed E-state index contributed by atoms with van der Waals surface area (Å²) in [6, 6.07) is 0. The highest BCUT2D eigenvalue weighted by Crippen LogP contribution is 2.06. The third-order valence-corrected chi connectivity index (χ3v) is 1.65. The van der Waals surface area contributed by atoms with E-state index in [1.807, 2.05) is 6.92 Å². The van der Waals surface area contributed by atoms with Gasteiger partial charge in [-0.1, -0.05) is 20.3 Å². The van der Waals surface area contributed by atoms with Crippen molar-refractivity contribution in [2.24, 2.45) is 5.92 Å². The van der Waals surface area contributed by atoms with Gasteiger partial charge in [-0.05, 0) is 13.3 Å². The van der Waals surface area contributed by atoms with Gasteiger partial charge in [-0.15, -0.1) is 0 Å². The van der Waals surface area contributed by atoms with Crippen molar-refractivity contribution < 1.29 is 14.3 Å². The first kappa shape index (κ1) is 11.1. The molecule has 0 radical (unpaired) electrons. The normalized spacial score (nSPS) is 12.2. The molecule has 0 fully saturated rings. The Morgan fingerprint density at radius 2 is 1.92 bits per heavy atom. The number of rotatable bonds is 5. The second-order valence-electron chi connectivity index (χ2n) is 2.77. The molecule has 0 heterocycles. The van der Waals surface area contributed by atoms with Crippen LogP contribution in [-0.2, 0) is 14.3 Å². The number of ether oxygens (including phenoxy) is 1. The van der Waals surface area contributed by atoms with Crippen molar-refractivity contribution in [2.75, 3.05) is 6.61 Å². The van der Waals surface area contributed by atoms with Gasteiger partial charge in [0.05, 0.1) is 6.61 Å². The molecule has 0 aromatic carbocycles. The quantitative estimate of drug-likeness (QED) is 0.467. The number of hydrogen-bond acceptors (Lipinski definition) is 3. The van der Waals surface area contributed by atoms with Crippen LogP contribution < -0.4 is 0 Å². The Morgan fingerprint density at radius 3 is 2.33 bits per heavy atom. The number of esters is 1. The van der Waals surface area contributed by atoms with Crippen molar-refractivity contribution in [1.82, 2.24) is 0 Å². The lowest BCUT2D eigenvalue weighted by Gasteiger charge is -2.06. The number of carbonyl (C=O) groups excluding carboxylic acids is 2. The van der Waals surface area contributed by atoms with Crippen LogP contribution >= 0.6 is 0 Å². The smallest absolute Gasteiger partial charge is 0.374 e. The van der Waals surface area contributed by atoms with Crippen molar-refractivity contribution in [3.05, 3.63) is 0 Å². The van der Waals surface area contributed by atoms with E-state index in [1.165, 1.54) is 0 Å². The van der Waals surface area contributed by atoms with E-state index in [4.69, 9.17) is 0 Å². The maximum absolute atomic E-state index is 11.1. The lowest BCUT2D eigenvalue weighted by atomic mass is 10.0. The lowest BCUT2D eigenvalue weighted by molar-refractivity contribution is -0.155. The Bertz CT molecular complexity index is 163. The average Bonchev–Trinajstić information content (AvgIpc) is 2.04. The van der Waals surface area contributed by atoms with Crippen LogP contribution in [0.4, 0.5) is 0 Å². The second kappa shape index (κ2) is 5.75.